The molecule has 0 unspecified atom stereocenters. The molecular weight excluding hydrogens is 274 g/mol. The predicted octanol–water partition coefficient (Wildman–Crippen LogP) is -0.327. The van der Waals surface area contributed by atoms with Gasteiger partial charge in [0.2, 0.25) is 5.91 Å². The van der Waals surface area contributed by atoms with E-state index in [4.69, 9.17) is 4.74 Å². The molecule has 2 heterocycles. The van der Waals surface area contributed by atoms with Gasteiger partial charge in [-0.3, -0.25) is 18.8 Å². The van der Waals surface area contributed by atoms with E-state index >= 15 is 0 Å². The number of carbonyl (C=O) groups excluding carboxylic acids is 1. The van der Waals surface area contributed by atoms with Crippen LogP contribution in [0, 0.1) is 0 Å². The van der Waals surface area contributed by atoms with Gasteiger partial charge in [-0.05, 0) is 13.3 Å². The van der Waals surface area contributed by atoms with Gasteiger partial charge in [-0.2, -0.15) is 5.10 Å². The molecule has 0 aliphatic rings. The Balaban J connectivity index is 1.95. The van der Waals surface area contributed by atoms with Crippen LogP contribution in [0.4, 0.5) is 0 Å². The minimum absolute atomic E-state index is 0.0503. The summed E-state index contributed by atoms with van der Waals surface area (Å²) >= 11 is 0. The van der Waals surface area contributed by atoms with Crippen molar-refractivity contribution in [2.24, 2.45) is 7.05 Å². The minimum Gasteiger partial charge on any atom is -0.382 e. The summed E-state index contributed by atoms with van der Waals surface area (Å²) in [5.74, 6) is -0.223. The number of rotatable bonds is 7. The van der Waals surface area contributed by atoms with Gasteiger partial charge in [0.1, 0.15) is 18.3 Å². The normalized spacial score (nSPS) is 11.0. The zero-order chi connectivity index (χ0) is 15.2. The van der Waals surface area contributed by atoms with E-state index in [1.807, 2.05) is 6.92 Å². The summed E-state index contributed by atoms with van der Waals surface area (Å²) in [4.78, 5) is 28.1. The predicted molar refractivity (Wildman–Crippen MR) is 76.9 cm³/mol. The summed E-state index contributed by atoms with van der Waals surface area (Å²) in [6.45, 7) is 3.67. The van der Waals surface area contributed by atoms with Gasteiger partial charge >= 0.3 is 0 Å². The average Bonchev–Trinajstić information content (AvgIpc) is 2.84. The molecule has 0 saturated heterocycles. The lowest BCUT2D eigenvalue weighted by molar-refractivity contribution is -0.121. The highest BCUT2D eigenvalue weighted by Gasteiger charge is 2.10. The van der Waals surface area contributed by atoms with Crippen molar-refractivity contribution in [2.45, 2.75) is 19.9 Å². The summed E-state index contributed by atoms with van der Waals surface area (Å²) in [7, 11) is 1.71. The molecule has 0 saturated carbocycles. The number of nitrogens with one attached hydrogen (secondary N) is 1. The third-order valence-electron chi connectivity index (χ3n) is 3.02. The fourth-order valence-electron chi connectivity index (χ4n) is 1.94. The van der Waals surface area contributed by atoms with E-state index in [9.17, 15) is 9.59 Å². The zero-order valence-corrected chi connectivity index (χ0v) is 12.2. The van der Waals surface area contributed by atoms with E-state index in [-0.39, 0.29) is 18.0 Å². The first-order valence-electron chi connectivity index (χ1n) is 6.85. The Bertz CT molecular complexity index is 676. The molecule has 0 aliphatic carbocycles. The molecule has 2 aromatic rings. The van der Waals surface area contributed by atoms with E-state index in [0.717, 1.165) is 6.42 Å². The van der Waals surface area contributed by atoms with E-state index in [1.54, 1.807) is 7.05 Å². The number of aromatic nitrogens is 4. The van der Waals surface area contributed by atoms with Gasteiger partial charge in [0.25, 0.3) is 5.56 Å². The number of carbonyl (C=O) groups is 1. The monoisotopic (exact) mass is 293 g/mol. The van der Waals surface area contributed by atoms with Gasteiger partial charge < -0.3 is 10.1 Å². The summed E-state index contributed by atoms with van der Waals surface area (Å²) in [5.41, 5.74) is 0.242. The van der Waals surface area contributed by atoms with Crippen LogP contribution < -0.4 is 10.9 Å². The van der Waals surface area contributed by atoms with Gasteiger partial charge in [-0.1, -0.05) is 0 Å². The Morgan fingerprint density at radius 1 is 1.48 bits per heavy atom. The maximum absolute atomic E-state index is 12.2. The summed E-state index contributed by atoms with van der Waals surface area (Å²) in [5, 5.41) is 7.13. The number of hydrogen-bond donors (Lipinski definition) is 1. The molecular formula is C13H19N5O3. The lowest BCUT2D eigenvalue weighted by Gasteiger charge is -2.07. The molecule has 0 aromatic carbocycles. The summed E-state index contributed by atoms with van der Waals surface area (Å²) < 4.78 is 7.98. The van der Waals surface area contributed by atoms with Gasteiger partial charge in [-0.25, -0.2) is 4.98 Å². The number of nitrogens with zero attached hydrogens (tertiary/aromatic N) is 4. The van der Waals surface area contributed by atoms with E-state index < -0.39 is 0 Å². The molecule has 1 N–H and O–H groups in total. The Hall–Kier alpha value is -2.22. The van der Waals surface area contributed by atoms with Crippen molar-refractivity contribution in [3.8, 4) is 0 Å². The van der Waals surface area contributed by atoms with Crippen LogP contribution >= 0.6 is 0 Å². The molecule has 0 aliphatic heterocycles. The quantitative estimate of drug-likeness (QED) is 0.706. The Morgan fingerprint density at radius 3 is 3.05 bits per heavy atom. The van der Waals surface area contributed by atoms with Crippen LogP contribution in [0.2, 0.25) is 0 Å². The third-order valence-corrected chi connectivity index (χ3v) is 3.02. The SMILES string of the molecule is CCOCCCNC(=O)Cn1cnc2c(cnn2C)c1=O. The van der Waals surface area contributed by atoms with Crippen molar-refractivity contribution in [2.75, 3.05) is 19.8 Å². The molecule has 0 atom stereocenters. The van der Waals surface area contributed by atoms with Gasteiger partial charge in [0, 0.05) is 26.8 Å². The second-order valence-electron chi connectivity index (χ2n) is 4.58. The van der Waals surface area contributed by atoms with Crippen molar-refractivity contribution in [3.05, 3.63) is 22.9 Å². The standard InChI is InChI=1S/C13H19N5O3/c1-3-21-6-4-5-14-11(19)8-18-9-15-12-10(13(18)20)7-16-17(12)2/h7,9H,3-6,8H2,1-2H3,(H,14,19). The molecule has 114 valence electrons. The minimum atomic E-state index is -0.266. The summed E-state index contributed by atoms with van der Waals surface area (Å²) in [6.07, 6.45) is 3.57. The number of fused-ring (bicyclic) bond motifs is 1. The first-order chi connectivity index (χ1) is 10.1. The van der Waals surface area contributed by atoms with Crippen molar-refractivity contribution in [3.63, 3.8) is 0 Å². The maximum Gasteiger partial charge on any atom is 0.264 e. The molecule has 0 spiro atoms. The summed E-state index contributed by atoms with van der Waals surface area (Å²) in [6, 6.07) is 0. The molecule has 0 fully saturated rings. The fraction of sp³-hybridized carbons (Fsp3) is 0.538. The Labute approximate surface area is 121 Å². The molecule has 2 aromatic heterocycles. The smallest absolute Gasteiger partial charge is 0.264 e. The molecule has 8 nitrogen and oxygen atoms in total. The largest absolute Gasteiger partial charge is 0.382 e. The van der Waals surface area contributed by atoms with Crippen molar-refractivity contribution in [1.82, 2.24) is 24.6 Å². The van der Waals surface area contributed by atoms with E-state index in [1.165, 1.54) is 21.8 Å². The third kappa shape index (κ3) is 3.66. The van der Waals surface area contributed by atoms with Crippen LogP contribution in [0.15, 0.2) is 17.3 Å². The number of ether oxygens (including phenoxy) is 1. The fourth-order valence-corrected chi connectivity index (χ4v) is 1.94. The molecule has 8 heteroatoms. The highest BCUT2D eigenvalue weighted by atomic mass is 16.5. The molecule has 1 amide bonds. The zero-order valence-electron chi connectivity index (χ0n) is 12.2. The van der Waals surface area contributed by atoms with Gasteiger partial charge in [0.05, 0.1) is 6.20 Å². The van der Waals surface area contributed by atoms with Crippen LogP contribution in [-0.4, -0.2) is 45.0 Å². The van der Waals surface area contributed by atoms with Crippen LogP contribution in [0.3, 0.4) is 0 Å². The second kappa shape index (κ2) is 6.98. The molecule has 21 heavy (non-hydrogen) atoms. The average molecular weight is 293 g/mol. The van der Waals surface area contributed by atoms with E-state index in [2.05, 4.69) is 15.4 Å². The lowest BCUT2D eigenvalue weighted by atomic mass is 10.4. The topological polar surface area (TPSA) is 91.0 Å². The van der Waals surface area contributed by atoms with Gasteiger partial charge in [0.15, 0.2) is 5.65 Å². The molecule has 0 radical (unpaired) electrons. The molecule has 0 bridgehead atoms. The van der Waals surface area contributed by atoms with Gasteiger partial charge in [-0.15, -0.1) is 0 Å². The van der Waals surface area contributed by atoms with Crippen molar-refractivity contribution < 1.29 is 9.53 Å². The first kappa shape index (κ1) is 15.2. The number of amides is 1. The van der Waals surface area contributed by atoms with Crippen molar-refractivity contribution in [1.29, 1.82) is 0 Å². The number of aryl methyl sites for hydroxylation is 1. The van der Waals surface area contributed by atoms with Crippen LogP contribution in [-0.2, 0) is 23.1 Å². The highest BCUT2D eigenvalue weighted by Crippen LogP contribution is 2.02. The maximum atomic E-state index is 12.2. The number of hydrogen-bond acceptors (Lipinski definition) is 5. The van der Waals surface area contributed by atoms with Crippen molar-refractivity contribution >= 4 is 16.9 Å². The first-order valence-corrected chi connectivity index (χ1v) is 6.85. The Kier molecular flexibility index (Phi) is 5.04. The van der Waals surface area contributed by atoms with Crippen LogP contribution in [0.5, 0.6) is 0 Å². The van der Waals surface area contributed by atoms with Crippen LogP contribution in [0.25, 0.3) is 11.0 Å². The van der Waals surface area contributed by atoms with E-state index in [0.29, 0.717) is 30.8 Å². The molecule has 2 rings (SSSR count). The second-order valence-corrected chi connectivity index (χ2v) is 4.58. The van der Waals surface area contributed by atoms with Crippen LogP contribution in [0.1, 0.15) is 13.3 Å². The Morgan fingerprint density at radius 2 is 2.29 bits per heavy atom. The highest BCUT2D eigenvalue weighted by molar-refractivity contribution is 5.77. The lowest BCUT2D eigenvalue weighted by Crippen LogP contribution is -2.33.